The molecule has 2 aliphatic carbocycles. The van der Waals surface area contributed by atoms with E-state index in [2.05, 4.69) is 20.0 Å². The van der Waals surface area contributed by atoms with Crippen LogP contribution in [0.15, 0.2) is 42.6 Å². The summed E-state index contributed by atoms with van der Waals surface area (Å²) in [6.45, 7) is 0. The lowest BCUT2D eigenvalue weighted by molar-refractivity contribution is -0.117. The molecule has 3 aromatic rings. The van der Waals surface area contributed by atoms with Gasteiger partial charge < -0.3 is 10.3 Å². The highest BCUT2D eigenvalue weighted by atomic mass is 32.2. The lowest BCUT2D eigenvalue weighted by Crippen LogP contribution is -2.17. The van der Waals surface area contributed by atoms with E-state index in [0.717, 1.165) is 42.2 Å². The minimum Gasteiger partial charge on any atom is -0.346 e. The van der Waals surface area contributed by atoms with Gasteiger partial charge in [0.2, 0.25) is 15.9 Å². The Morgan fingerprint density at radius 1 is 1.10 bits per heavy atom. The molecule has 0 unspecified atom stereocenters. The third-order valence-corrected chi connectivity index (χ3v) is 6.81. The van der Waals surface area contributed by atoms with Crippen molar-refractivity contribution in [1.82, 2.24) is 9.97 Å². The predicted octanol–water partition coefficient (Wildman–Crippen LogP) is 3.73. The molecule has 2 aromatic heterocycles. The second-order valence-electron chi connectivity index (χ2n) is 7.96. The van der Waals surface area contributed by atoms with Crippen molar-refractivity contribution in [3.63, 3.8) is 0 Å². The maximum Gasteiger partial charge on any atom is 0.232 e. The zero-order chi connectivity index (χ0) is 20.0. The summed E-state index contributed by atoms with van der Waals surface area (Å²) in [4.78, 5) is 19.7. The highest BCUT2D eigenvalue weighted by molar-refractivity contribution is 7.92. The number of nitrogens with zero attached hydrogens (tertiary/aromatic N) is 1. The van der Waals surface area contributed by atoms with Gasteiger partial charge >= 0.3 is 0 Å². The summed E-state index contributed by atoms with van der Waals surface area (Å²) in [5.74, 6) is 1.11. The number of carbonyl (C=O) groups is 1. The van der Waals surface area contributed by atoms with Crippen molar-refractivity contribution < 1.29 is 13.2 Å². The summed E-state index contributed by atoms with van der Waals surface area (Å²) in [5.41, 5.74) is 3.10. The van der Waals surface area contributed by atoms with Crippen LogP contribution >= 0.6 is 0 Å². The van der Waals surface area contributed by atoms with Crippen LogP contribution in [0, 0.1) is 11.8 Å². The molecule has 2 aliphatic rings. The van der Waals surface area contributed by atoms with E-state index in [-0.39, 0.29) is 17.6 Å². The van der Waals surface area contributed by atoms with E-state index in [1.165, 1.54) is 0 Å². The normalized spacial score (nSPS) is 16.7. The molecule has 5 rings (SSSR count). The second kappa shape index (κ2) is 6.88. The highest BCUT2D eigenvalue weighted by Gasteiger charge is 2.30. The maximum absolute atomic E-state index is 12.2. The van der Waals surface area contributed by atoms with Crippen LogP contribution in [-0.4, -0.2) is 30.0 Å². The predicted molar refractivity (Wildman–Crippen MR) is 113 cm³/mol. The molecule has 0 saturated heterocycles. The van der Waals surface area contributed by atoms with Crippen LogP contribution in [0.2, 0.25) is 0 Å². The van der Waals surface area contributed by atoms with Gasteiger partial charge in [-0.15, -0.1) is 0 Å². The molecule has 2 fully saturated rings. The molecule has 1 aromatic carbocycles. The number of aromatic amines is 1. The van der Waals surface area contributed by atoms with Crippen molar-refractivity contribution in [2.45, 2.75) is 25.7 Å². The van der Waals surface area contributed by atoms with Crippen LogP contribution in [0.25, 0.3) is 22.2 Å². The Morgan fingerprint density at radius 2 is 1.86 bits per heavy atom. The van der Waals surface area contributed by atoms with Crippen molar-refractivity contribution >= 4 is 38.5 Å². The summed E-state index contributed by atoms with van der Waals surface area (Å²) < 4.78 is 27.0. The minimum absolute atomic E-state index is 0.00905. The Morgan fingerprint density at radius 3 is 2.55 bits per heavy atom. The summed E-state index contributed by atoms with van der Waals surface area (Å²) in [5, 5.41) is 3.84. The highest BCUT2D eigenvalue weighted by Crippen LogP contribution is 2.34. The number of sulfonamides is 1. The topological polar surface area (TPSA) is 104 Å². The standard InChI is InChI=1S/C21H22N4O3S/c26-21(15-3-4-15)24-19-11-18(17-9-10-22-20(17)23-19)14-5-7-16(8-6-14)25-29(27,28)12-13-1-2-13/h5-11,13,15,25H,1-4,12H2,(H2,22,23,24,26). The second-order valence-corrected chi connectivity index (χ2v) is 9.73. The number of amides is 1. The van der Waals surface area contributed by atoms with E-state index in [9.17, 15) is 13.2 Å². The van der Waals surface area contributed by atoms with Gasteiger partial charge in [0.25, 0.3) is 0 Å². The first-order valence-corrected chi connectivity index (χ1v) is 11.5. The summed E-state index contributed by atoms with van der Waals surface area (Å²) in [6, 6.07) is 11.1. The van der Waals surface area contributed by atoms with E-state index in [0.29, 0.717) is 23.1 Å². The fraction of sp³-hybridized carbons (Fsp3) is 0.333. The lowest BCUT2D eigenvalue weighted by atomic mass is 10.0. The number of pyridine rings is 1. The number of carbonyl (C=O) groups excluding carboxylic acids is 1. The van der Waals surface area contributed by atoms with Gasteiger partial charge in [0.05, 0.1) is 5.75 Å². The van der Waals surface area contributed by atoms with Gasteiger partial charge in [0, 0.05) is 23.2 Å². The average molecular weight is 410 g/mol. The van der Waals surface area contributed by atoms with E-state index >= 15 is 0 Å². The zero-order valence-corrected chi connectivity index (χ0v) is 16.6. The number of rotatable bonds is 7. The van der Waals surface area contributed by atoms with Gasteiger partial charge in [-0.05, 0) is 67.0 Å². The van der Waals surface area contributed by atoms with Gasteiger partial charge in [-0.25, -0.2) is 13.4 Å². The fourth-order valence-electron chi connectivity index (χ4n) is 3.45. The molecular weight excluding hydrogens is 388 g/mol. The summed E-state index contributed by atoms with van der Waals surface area (Å²) in [7, 11) is -3.31. The Kier molecular flexibility index (Phi) is 4.31. The molecule has 0 radical (unpaired) electrons. The van der Waals surface area contributed by atoms with Gasteiger partial charge in [0.1, 0.15) is 11.5 Å². The first-order chi connectivity index (χ1) is 14.0. The largest absolute Gasteiger partial charge is 0.346 e. The molecule has 0 spiro atoms. The molecule has 1 amide bonds. The number of benzene rings is 1. The minimum atomic E-state index is -3.31. The van der Waals surface area contributed by atoms with Crippen LogP contribution < -0.4 is 10.0 Å². The Hall–Kier alpha value is -2.87. The first kappa shape index (κ1) is 18.2. The van der Waals surface area contributed by atoms with Crippen LogP contribution in [0.5, 0.6) is 0 Å². The SMILES string of the molecule is O=C(Nc1cc(-c2ccc(NS(=O)(=O)CC3CC3)cc2)c2cc[nH]c2n1)C1CC1. The molecule has 2 heterocycles. The lowest BCUT2D eigenvalue weighted by Gasteiger charge is -2.11. The quantitative estimate of drug-likeness (QED) is 0.552. The molecule has 8 heteroatoms. The van der Waals surface area contributed by atoms with E-state index in [4.69, 9.17) is 0 Å². The molecular formula is C21H22N4O3S. The van der Waals surface area contributed by atoms with Crippen LogP contribution in [0.1, 0.15) is 25.7 Å². The van der Waals surface area contributed by atoms with E-state index < -0.39 is 10.0 Å². The molecule has 3 N–H and O–H groups in total. The Labute approximate surface area is 169 Å². The molecule has 0 aliphatic heterocycles. The number of hydrogen-bond donors (Lipinski definition) is 3. The van der Waals surface area contributed by atoms with Gasteiger partial charge in [-0.3, -0.25) is 9.52 Å². The van der Waals surface area contributed by atoms with Crippen molar-refractivity contribution in [3.8, 4) is 11.1 Å². The van der Waals surface area contributed by atoms with Gasteiger partial charge in [0.15, 0.2) is 0 Å². The number of fused-ring (bicyclic) bond motifs is 1. The molecule has 29 heavy (non-hydrogen) atoms. The first-order valence-electron chi connectivity index (χ1n) is 9.87. The van der Waals surface area contributed by atoms with Crippen molar-refractivity contribution in [2.24, 2.45) is 11.8 Å². The third kappa shape index (κ3) is 4.12. The number of H-pyrrole nitrogens is 1. The van der Waals surface area contributed by atoms with E-state index in [1.807, 2.05) is 30.5 Å². The van der Waals surface area contributed by atoms with Crippen molar-refractivity contribution in [1.29, 1.82) is 0 Å². The molecule has 0 atom stereocenters. The fourth-order valence-corrected chi connectivity index (χ4v) is 4.98. The number of nitrogens with one attached hydrogen (secondary N) is 3. The maximum atomic E-state index is 12.2. The van der Waals surface area contributed by atoms with Crippen LogP contribution in [0.4, 0.5) is 11.5 Å². The van der Waals surface area contributed by atoms with Crippen LogP contribution in [-0.2, 0) is 14.8 Å². The number of aromatic nitrogens is 2. The Balaban J connectivity index is 1.41. The summed E-state index contributed by atoms with van der Waals surface area (Å²) >= 11 is 0. The molecule has 2 saturated carbocycles. The van der Waals surface area contributed by atoms with Crippen molar-refractivity contribution in [2.75, 3.05) is 15.8 Å². The van der Waals surface area contributed by atoms with E-state index in [1.54, 1.807) is 12.1 Å². The van der Waals surface area contributed by atoms with Crippen molar-refractivity contribution in [3.05, 3.63) is 42.6 Å². The van der Waals surface area contributed by atoms with Gasteiger partial charge in [-0.1, -0.05) is 12.1 Å². The average Bonchev–Trinajstić information content (AvgIpc) is 3.60. The molecule has 0 bridgehead atoms. The van der Waals surface area contributed by atoms with Gasteiger partial charge in [-0.2, -0.15) is 0 Å². The zero-order valence-electron chi connectivity index (χ0n) is 15.8. The number of anilines is 2. The number of hydrogen-bond acceptors (Lipinski definition) is 4. The van der Waals surface area contributed by atoms with Crippen LogP contribution in [0.3, 0.4) is 0 Å². The smallest absolute Gasteiger partial charge is 0.232 e. The third-order valence-electron chi connectivity index (χ3n) is 5.35. The monoisotopic (exact) mass is 410 g/mol. The molecule has 150 valence electrons. The summed E-state index contributed by atoms with van der Waals surface area (Å²) in [6.07, 6.45) is 5.67. The molecule has 7 nitrogen and oxygen atoms in total. The Bertz CT molecular complexity index is 1180.